The number of hydrogen-bond donors (Lipinski definition) is 0. The minimum absolute atomic E-state index is 0.335. The summed E-state index contributed by atoms with van der Waals surface area (Å²) in [5.74, 6) is 0. The first-order valence-electron chi connectivity index (χ1n) is 3.03. The van der Waals surface area contributed by atoms with Crippen LogP contribution in [-0.4, -0.2) is 16.6 Å². The van der Waals surface area contributed by atoms with E-state index in [9.17, 15) is 0 Å². The predicted molar refractivity (Wildman–Crippen MR) is 42.5 cm³/mol. The van der Waals surface area contributed by atoms with Crippen molar-refractivity contribution in [1.29, 1.82) is 0 Å². The van der Waals surface area contributed by atoms with Crippen molar-refractivity contribution in [2.24, 2.45) is 0 Å². The summed E-state index contributed by atoms with van der Waals surface area (Å²) in [6.45, 7) is 3.20. The average Bonchev–Trinajstić information content (AvgIpc) is 2.50. The van der Waals surface area contributed by atoms with E-state index in [1.807, 2.05) is 0 Å². The van der Waals surface area contributed by atoms with E-state index in [4.69, 9.17) is 4.74 Å². The molecular weight excluding hydrogens is 215 g/mol. The average molecular weight is 226 g/mol. The normalized spacial score (nSPS) is 35.2. The lowest BCUT2D eigenvalue weighted by atomic mass is 10.1. The van der Waals surface area contributed by atoms with Crippen LogP contribution in [0.2, 0.25) is 0 Å². The third kappa shape index (κ3) is 1.35. The molecule has 0 radical (unpaired) electrons. The van der Waals surface area contributed by atoms with E-state index in [0.29, 0.717) is 5.60 Å². The summed E-state index contributed by atoms with van der Waals surface area (Å²) in [4.78, 5) is 0. The molecule has 2 heteroatoms. The summed E-state index contributed by atoms with van der Waals surface area (Å²) >= 11 is 2.40. The van der Waals surface area contributed by atoms with Crippen molar-refractivity contribution in [1.82, 2.24) is 0 Å². The Balaban J connectivity index is 2.20. The molecule has 0 spiro atoms. The first kappa shape index (κ1) is 6.81. The monoisotopic (exact) mass is 226 g/mol. The van der Waals surface area contributed by atoms with E-state index in [0.717, 1.165) is 6.61 Å². The van der Waals surface area contributed by atoms with Crippen molar-refractivity contribution < 1.29 is 4.74 Å². The van der Waals surface area contributed by atoms with Crippen molar-refractivity contribution in [3.8, 4) is 0 Å². The van der Waals surface area contributed by atoms with E-state index in [1.165, 1.54) is 17.3 Å². The molecule has 48 valence electrons. The van der Waals surface area contributed by atoms with Crippen LogP contribution in [-0.2, 0) is 4.74 Å². The van der Waals surface area contributed by atoms with Gasteiger partial charge < -0.3 is 4.74 Å². The van der Waals surface area contributed by atoms with Crippen LogP contribution in [0, 0.1) is 0 Å². The van der Waals surface area contributed by atoms with Gasteiger partial charge in [-0.15, -0.1) is 0 Å². The summed E-state index contributed by atoms with van der Waals surface area (Å²) in [7, 11) is 0. The smallest absolute Gasteiger partial charge is 0.0921 e. The lowest BCUT2D eigenvalue weighted by molar-refractivity contribution is 0.291. The maximum Gasteiger partial charge on any atom is 0.0921 e. The molecule has 1 atom stereocenters. The molecule has 0 saturated carbocycles. The Hall–Kier alpha value is 0.690. The van der Waals surface area contributed by atoms with Gasteiger partial charge in [0.15, 0.2) is 0 Å². The fourth-order valence-electron chi connectivity index (χ4n) is 0.800. The van der Waals surface area contributed by atoms with E-state index >= 15 is 0 Å². The van der Waals surface area contributed by atoms with E-state index in [1.54, 1.807) is 0 Å². The minimum atomic E-state index is 0.335. The molecule has 0 aromatic heterocycles. The predicted octanol–water partition coefficient (Wildman–Crippen LogP) is 1.99. The SMILES string of the molecule is CCC1(CCI)CO1. The second-order valence-electron chi connectivity index (χ2n) is 2.26. The lowest BCUT2D eigenvalue weighted by Crippen LogP contribution is -2.08. The highest BCUT2D eigenvalue weighted by Crippen LogP contribution is 2.34. The van der Waals surface area contributed by atoms with E-state index in [2.05, 4.69) is 29.5 Å². The van der Waals surface area contributed by atoms with Gasteiger partial charge in [-0.05, 0) is 12.8 Å². The van der Waals surface area contributed by atoms with Crippen LogP contribution in [0.5, 0.6) is 0 Å². The second kappa shape index (κ2) is 2.52. The third-order valence-corrected chi connectivity index (χ3v) is 2.29. The van der Waals surface area contributed by atoms with Crippen molar-refractivity contribution >= 4 is 22.6 Å². The molecule has 1 fully saturated rings. The molecule has 1 aliphatic rings. The molecule has 1 heterocycles. The number of halogens is 1. The zero-order valence-electron chi connectivity index (χ0n) is 5.11. The molecule has 1 unspecified atom stereocenters. The fraction of sp³-hybridized carbons (Fsp3) is 1.00. The quantitative estimate of drug-likeness (QED) is 0.407. The molecule has 1 rings (SSSR count). The van der Waals surface area contributed by atoms with Gasteiger partial charge in [-0.25, -0.2) is 0 Å². The van der Waals surface area contributed by atoms with Gasteiger partial charge in [0.2, 0.25) is 0 Å². The summed E-state index contributed by atoms with van der Waals surface area (Å²) < 4.78 is 6.51. The minimum Gasteiger partial charge on any atom is -0.370 e. The van der Waals surface area contributed by atoms with Crippen LogP contribution in [0.3, 0.4) is 0 Å². The van der Waals surface area contributed by atoms with Crippen LogP contribution in [0.15, 0.2) is 0 Å². The number of epoxide rings is 1. The molecular formula is C6H11IO. The molecule has 1 nitrogen and oxygen atoms in total. The Morgan fingerprint density at radius 1 is 1.75 bits per heavy atom. The number of alkyl halides is 1. The Bertz CT molecular complexity index is 78.6. The van der Waals surface area contributed by atoms with Gasteiger partial charge in [0.25, 0.3) is 0 Å². The van der Waals surface area contributed by atoms with Crippen molar-refractivity contribution in [2.75, 3.05) is 11.0 Å². The molecule has 0 bridgehead atoms. The summed E-state index contributed by atoms with van der Waals surface area (Å²) in [5, 5.41) is 0. The fourth-order valence-corrected chi connectivity index (χ4v) is 1.78. The molecule has 1 aliphatic heterocycles. The molecule has 0 N–H and O–H groups in total. The van der Waals surface area contributed by atoms with Gasteiger partial charge in [-0.2, -0.15) is 0 Å². The highest BCUT2D eigenvalue weighted by molar-refractivity contribution is 14.1. The first-order chi connectivity index (χ1) is 3.83. The van der Waals surface area contributed by atoms with E-state index in [-0.39, 0.29) is 0 Å². The Morgan fingerprint density at radius 2 is 2.38 bits per heavy atom. The largest absolute Gasteiger partial charge is 0.370 e. The number of ether oxygens (including phenoxy) is 1. The first-order valence-corrected chi connectivity index (χ1v) is 4.55. The van der Waals surface area contributed by atoms with Gasteiger partial charge in [0.05, 0.1) is 12.2 Å². The van der Waals surface area contributed by atoms with Crippen molar-refractivity contribution in [3.63, 3.8) is 0 Å². The zero-order valence-corrected chi connectivity index (χ0v) is 7.27. The zero-order chi connectivity index (χ0) is 6.04. The maximum atomic E-state index is 5.28. The van der Waals surface area contributed by atoms with Crippen LogP contribution in [0.25, 0.3) is 0 Å². The van der Waals surface area contributed by atoms with Crippen molar-refractivity contribution in [2.45, 2.75) is 25.4 Å². The molecule has 0 amide bonds. The summed E-state index contributed by atoms with van der Waals surface area (Å²) in [6.07, 6.45) is 2.43. The topological polar surface area (TPSA) is 12.5 Å². The Labute approximate surface area is 63.9 Å². The number of hydrogen-bond acceptors (Lipinski definition) is 1. The van der Waals surface area contributed by atoms with Gasteiger partial charge in [-0.3, -0.25) is 0 Å². The third-order valence-electron chi connectivity index (χ3n) is 1.75. The highest BCUT2D eigenvalue weighted by Gasteiger charge is 2.41. The van der Waals surface area contributed by atoms with Crippen LogP contribution >= 0.6 is 22.6 Å². The Kier molecular flexibility index (Phi) is 2.14. The maximum absolute atomic E-state index is 5.28. The van der Waals surface area contributed by atoms with Gasteiger partial charge >= 0.3 is 0 Å². The van der Waals surface area contributed by atoms with Crippen LogP contribution in [0.1, 0.15) is 19.8 Å². The number of rotatable bonds is 3. The van der Waals surface area contributed by atoms with E-state index < -0.39 is 0 Å². The molecule has 1 saturated heterocycles. The van der Waals surface area contributed by atoms with Crippen molar-refractivity contribution in [3.05, 3.63) is 0 Å². The van der Waals surface area contributed by atoms with Crippen LogP contribution in [0.4, 0.5) is 0 Å². The molecule has 0 aliphatic carbocycles. The molecule has 0 aromatic rings. The Morgan fingerprint density at radius 3 is 2.50 bits per heavy atom. The molecule has 0 aromatic carbocycles. The van der Waals surface area contributed by atoms with Crippen LogP contribution < -0.4 is 0 Å². The standard InChI is InChI=1S/C6H11IO/c1-2-6(3-4-7)5-8-6/h2-5H2,1H3. The summed E-state index contributed by atoms with van der Waals surface area (Å²) in [5.41, 5.74) is 0.335. The molecule has 8 heavy (non-hydrogen) atoms. The van der Waals surface area contributed by atoms with Gasteiger partial charge in [-0.1, -0.05) is 29.5 Å². The summed E-state index contributed by atoms with van der Waals surface area (Å²) in [6, 6.07) is 0. The highest BCUT2D eigenvalue weighted by atomic mass is 127. The van der Waals surface area contributed by atoms with Gasteiger partial charge in [0.1, 0.15) is 0 Å². The second-order valence-corrected chi connectivity index (χ2v) is 3.34. The lowest BCUT2D eigenvalue weighted by Gasteiger charge is -2.02. The van der Waals surface area contributed by atoms with Gasteiger partial charge in [0, 0.05) is 4.43 Å².